The lowest BCUT2D eigenvalue weighted by Gasteiger charge is -2.17. The molecule has 0 aromatic heterocycles. The molecule has 1 aliphatic rings. The number of amides is 1. The minimum Gasteiger partial charge on any atom is -0.342 e. The van der Waals surface area contributed by atoms with Crippen LogP contribution in [-0.2, 0) is 11.2 Å². The Balaban J connectivity index is 1.92. The molecular formula is C16H24N2O. The average molecular weight is 260 g/mol. The van der Waals surface area contributed by atoms with Crippen molar-refractivity contribution in [2.75, 3.05) is 26.7 Å². The first kappa shape index (κ1) is 14.1. The van der Waals surface area contributed by atoms with Gasteiger partial charge in [0.15, 0.2) is 0 Å². The normalized spacial score (nSPS) is 18.9. The van der Waals surface area contributed by atoms with Crippen LogP contribution in [0.4, 0.5) is 0 Å². The van der Waals surface area contributed by atoms with E-state index in [1.54, 1.807) is 0 Å². The van der Waals surface area contributed by atoms with Crippen molar-refractivity contribution in [1.29, 1.82) is 0 Å². The SMILES string of the molecule is CNCC1CCN(C(=O)Cc2ccc(C)c(C)c2)C1. The molecule has 0 spiro atoms. The third-order valence-corrected chi connectivity index (χ3v) is 4.06. The summed E-state index contributed by atoms with van der Waals surface area (Å²) in [7, 11) is 1.97. The minimum absolute atomic E-state index is 0.266. The van der Waals surface area contributed by atoms with Crippen molar-refractivity contribution >= 4 is 5.91 Å². The van der Waals surface area contributed by atoms with E-state index in [9.17, 15) is 4.79 Å². The predicted octanol–water partition coefficient (Wildman–Crippen LogP) is 1.91. The molecular weight excluding hydrogens is 236 g/mol. The van der Waals surface area contributed by atoms with Crippen molar-refractivity contribution in [3.8, 4) is 0 Å². The van der Waals surface area contributed by atoms with Gasteiger partial charge in [0.2, 0.25) is 5.91 Å². The van der Waals surface area contributed by atoms with Crippen molar-refractivity contribution in [2.45, 2.75) is 26.7 Å². The number of carbonyl (C=O) groups is 1. The van der Waals surface area contributed by atoms with Gasteiger partial charge in [0.25, 0.3) is 0 Å². The van der Waals surface area contributed by atoms with Crippen molar-refractivity contribution < 1.29 is 4.79 Å². The maximum atomic E-state index is 12.3. The zero-order valence-corrected chi connectivity index (χ0v) is 12.2. The second kappa shape index (κ2) is 6.20. The first-order valence-electron chi connectivity index (χ1n) is 7.08. The van der Waals surface area contributed by atoms with E-state index < -0.39 is 0 Å². The Labute approximate surface area is 116 Å². The number of benzene rings is 1. The van der Waals surface area contributed by atoms with E-state index in [0.717, 1.165) is 31.6 Å². The van der Waals surface area contributed by atoms with Crippen LogP contribution in [0.2, 0.25) is 0 Å². The molecule has 0 radical (unpaired) electrons. The molecule has 104 valence electrons. The van der Waals surface area contributed by atoms with Gasteiger partial charge in [0.1, 0.15) is 0 Å². The Morgan fingerprint density at radius 2 is 2.16 bits per heavy atom. The van der Waals surface area contributed by atoms with Crippen LogP contribution in [0.15, 0.2) is 18.2 Å². The summed E-state index contributed by atoms with van der Waals surface area (Å²) in [6.45, 7) is 7.03. The summed E-state index contributed by atoms with van der Waals surface area (Å²) >= 11 is 0. The molecule has 1 aromatic rings. The van der Waals surface area contributed by atoms with Crippen LogP contribution in [0.1, 0.15) is 23.1 Å². The lowest BCUT2D eigenvalue weighted by atomic mass is 10.0. The highest BCUT2D eigenvalue weighted by Gasteiger charge is 2.25. The Morgan fingerprint density at radius 3 is 2.84 bits per heavy atom. The molecule has 3 nitrogen and oxygen atoms in total. The third kappa shape index (κ3) is 3.57. The van der Waals surface area contributed by atoms with Gasteiger partial charge >= 0.3 is 0 Å². The molecule has 1 fully saturated rings. The maximum Gasteiger partial charge on any atom is 0.226 e. The van der Waals surface area contributed by atoms with E-state index in [1.165, 1.54) is 11.1 Å². The summed E-state index contributed by atoms with van der Waals surface area (Å²) in [5, 5.41) is 3.19. The van der Waals surface area contributed by atoms with Crippen LogP contribution >= 0.6 is 0 Å². The van der Waals surface area contributed by atoms with Gasteiger partial charge in [-0.2, -0.15) is 0 Å². The first-order valence-corrected chi connectivity index (χ1v) is 7.08. The molecule has 19 heavy (non-hydrogen) atoms. The third-order valence-electron chi connectivity index (χ3n) is 4.06. The highest BCUT2D eigenvalue weighted by molar-refractivity contribution is 5.79. The van der Waals surface area contributed by atoms with E-state index in [2.05, 4.69) is 37.4 Å². The van der Waals surface area contributed by atoms with Gasteiger partial charge in [-0.3, -0.25) is 4.79 Å². The number of rotatable bonds is 4. The van der Waals surface area contributed by atoms with Gasteiger partial charge < -0.3 is 10.2 Å². The molecule has 1 unspecified atom stereocenters. The average Bonchev–Trinajstić information content (AvgIpc) is 2.83. The Morgan fingerprint density at radius 1 is 1.37 bits per heavy atom. The second-order valence-electron chi connectivity index (χ2n) is 5.65. The number of likely N-dealkylation sites (tertiary alicyclic amines) is 1. The zero-order chi connectivity index (χ0) is 13.8. The standard InChI is InChI=1S/C16H24N2O/c1-12-4-5-14(8-13(12)2)9-16(19)18-7-6-15(11-18)10-17-3/h4-5,8,15,17H,6-7,9-11H2,1-3H3. The van der Waals surface area contributed by atoms with E-state index in [0.29, 0.717) is 12.3 Å². The van der Waals surface area contributed by atoms with Crippen LogP contribution in [0, 0.1) is 19.8 Å². The topological polar surface area (TPSA) is 32.3 Å². The summed E-state index contributed by atoms with van der Waals surface area (Å²) in [6, 6.07) is 6.31. The van der Waals surface area contributed by atoms with Gasteiger partial charge in [0.05, 0.1) is 6.42 Å². The van der Waals surface area contributed by atoms with Crippen LogP contribution in [0.25, 0.3) is 0 Å². The van der Waals surface area contributed by atoms with Crippen LogP contribution in [0.3, 0.4) is 0 Å². The molecule has 1 amide bonds. The minimum atomic E-state index is 0.266. The largest absolute Gasteiger partial charge is 0.342 e. The molecule has 1 aliphatic heterocycles. The van der Waals surface area contributed by atoms with Crippen LogP contribution in [-0.4, -0.2) is 37.5 Å². The summed E-state index contributed by atoms with van der Waals surface area (Å²) in [5.74, 6) is 0.885. The van der Waals surface area contributed by atoms with Gasteiger partial charge in [-0.1, -0.05) is 18.2 Å². The number of hydrogen-bond acceptors (Lipinski definition) is 2. The van der Waals surface area contributed by atoms with Gasteiger partial charge in [-0.05, 0) is 56.5 Å². The van der Waals surface area contributed by atoms with Gasteiger partial charge in [0, 0.05) is 13.1 Å². The predicted molar refractivity (Wildman–Crippen MR) is 78.2 cm³/mol. The summed E-state index contributed by atoms with van der Waals surface area (Å²) in [6.07, 6.45) is 1.66. The van der Waals surface area contributed by atoms with Crippen LogP contribution < -0.4 is 5.32 Å². The first-order chi connectivity index (χ1) is 9.10. The molecule has 2 rings (SSSR count). The summed E-state index contributed by atoms with van der Waals surface area (Å²) < 4.78 is 0. The molecule has 1 N–H and O–H groups in total. The Kier molecular flexibility index (Phi) is 4.59. The molecule has 0 saturated carbocycles. The van der Waals surface area contributed by atoms with Crippen molar-refractivity contribution in [1.82, 2.24) is 10.2 Å². The highest BCUT2D eigenvalue weighted by atomic mass is 16.2. The fraction of sp³-hybridized carbons (Fsp3) is 0.562. The van der Waals surface area contributed by atoms with E-state index in [-0.39, 0.29) is 5.91 Å². The zero-order valence-electron chi connectivity index (χ0n) is 12.2. The highest BCUT2D eigenvalue weighted by Crippen LogP contribution is 2.17. The number of nitrogens with zero attached hydrogens (tertiary/aromatic N) is 1. The summed E-state index contributed by atoms with van der Waals surface area (Å²) in [5.41, 5.74) is 3.68. The lowest BCUT2D eigenvalue weighted by molar-refractivity contribution is -0.129. The van der Waals surface area contributed by atoms with E-state index in [1.807, 2.05) is 11.9 Å². The van der Waals surface area contributed by atoms with Gasteiger partial charge in [-0.25, -0.2) is 0 Å². The van der Waals surface area contributed by atoms with Crippen molar-refractivity contribution in [3.63, 3.8) is 0 Å². The smallest absolute Gasteiger partial charge is 0.226 e. The molecule has 1 saturated heterocycles. The maximum absolute atomic E-state index is 12.3. The number of hydrogen-bond donors (Lipinski definition) is 1. The molecule has 1 aromatic carbocycles. The number of carbonyl (C=O) groups excluding carboxylic acids is 1. The number of nitrogens with one attached hydrogen (secondary N) is 1. The molecule has 1 atom stereocenters. The summed E-state index contributed by atoms with van der Waals surface area (Å²) in [4.78, 5) is 14.3. The van der Waals surface area contributed by atoms with Crippen molar-refractivity contribution in [3.05, 3.63) is 34.9 Å². The van der Waals surface area contributed by atoms with Crippen molar-refractivity contribution in [2.24, 2.45) is 5.92 Å². The Bertz CT molecular complexity index is 456. The molecule has 1 heterocycles. The van der Waals surface area contributed by atoms with Gasteiger partial charge in [-0.15, -0.1) is 0 Å². The fourth-order valence-corrected chi connectivity index (χ4v) is 2.71. The van der Waals surface area contributed by atoms with E-state index >= 15 is 0 Å². The monoisotopic (exact) mass is 260 g/mol. The molecule has 0 bridgehead atoms. The lowest BCUT2D eigenvalue weighted by Crippen LogP contribution is -2.31. The molecule has 3 heteroatoms. The fourth-order valence-electron chi connectivity index (χ4n) is 2.71. The second-order valence-corrected chi connectivity index (χ2v) is 5.65. The van der Waals surface area contributed by atoms with Crippen LogP contribution in [0.5, 0.6) is 0 Å². The number of aryl methyl sites for hydroxylation is 2. The Hall–Kier alpha value is -1.35. The van der Waals surface area contributed by atoms with E-state index in [4.69, 9.17) is 0 Å². The molecule has 0 aliphatic carbocycles. The quantitative estimate of drug-likeness (QED) is 0.897.